The van der Waals surface area contributed by atoms with E-state index in [2.05, 4.69) is 36.2 Å². The fraction of sp³-hybridized carbons (Fsp3) is 0.462. The molecule has 8 heteroatoms. The number of amides is 1. The number of aromatic nitrogens is 2. The predicted molar refractivity (Wildman–Crippen MR) is 132 cm³/mol. The smallest absolute Gasteiger partial charge is 0.223 e. The number of hydrogen-bond donors (Lipinski definition) is 1. The predicted octanol–water partition coefficient (Wildman–Crippen LogP) is 4.80. The summed E-state index contributed by atoms with van der Waals surface area (Å²) >= 11 is 5.95. The number of fused-ring (bicyclic) bond motifs is 1. The molecule has 2 aliphatic heterocycles. The summed E-state index contributed by atoms with van der Waals surface area (Å²) in [4.78, 5) is 19.9. The van der Waals surface area contributed by atoms with Crippen LogP contribution in [0.3, 0.4) is 0 Å². The zero-order valence-electron chi connectivity index (χ0n) is 19.6. The van der Waals surface area contributed by atoms with Gasteiger partial charge < -0.3 is 15.0 Å². The van der Waals surface area contributed by atoms with Crippen LogP contribution >= 0.6 is 11.6 Å². The van der Waals surface area contributed by atoms with E-state index in [-0.39, 0.29) is 16.8 Å². The number of piperidine rings is 1. The van der Waals surface area contributed by atoms with Gasteiger partial charge in [0.25, 0.3) is 0 Å². The van der Waals surface area contributed by atoms with Crippen molar-refractivity contribution >= 4 is 34.5 Å². The van der Waals surface area contributed by atoms with Gasteiger partial charge in [0.2, 0.25) is 11.9 Å². The van der Waals surface area contributed by atoms with E-state index >= 15 is 0 Å². The summed E-state index contributed by atoms with van der Waals surface area (Å²) in [6, 6.07) is 9.02. The molecule has 0 aliphatic carbocycles. The fourth-order valence-electron chi connectivity index (χ4n) is 4.89. The number of carbonyl (C=O) groups excluding carboxylic acids is 1. The summed E-state index contributed by atoms with van der Waals surface area (Å²) < 4.78 is 21.8. The molecule has 2 aromatic carbocycles. The number of imidazole rings is 1. The van der Waals surface area contributed by atoms with E-state index in [1.165, 1.54) is 6.07 Å². The minimum absolute atomic E-state index is 0.00568. The quantitative estimate of drug-likeness (QED) is 0.565. The number of benzene rings is 2. The van der Waals surface area contributed by atoms with Crippen LogP contribution in [-0.4, -0.2) is 48.3 Å². The highest BCUT2D eigenvalue weighted by molar-refractivity contribution is 6.30. The highest BCUT2D eigenvalue weighted by Crippen LogP contribution is 2.32. The maximum atomic E-state index is 14.4. The Balaban J connectivity index is 1.39. The fourth-order valence-corrected chi connectivity index (χ4v) is 5.00. The molecule has 3 heterocycles. The standard InChI is InChI=1S/C26H30ClFN4O2/c1-16-11-23-24(12-17(16)2)32(20-3-4-21(27)22(28)13-20)26(30-23)31-8-5-19(6-9-31)25(33)29-14-18-7-10-34-15-18/h3-4,11-13,18-19H,5-10,14-15H2,1-2H3,(H,29,33). The molecular formula is C26H30ClFN4O2. The minimum Gasteiger partial charge on any atom is -0.381 e. The Morgan fingerprint density at radius 1 is 1.18 bits per heavy atom. The van der Waals surface area contributed by atoms with Gasteiger partial charge in [0.15, 0.2) is 0 Å². The molecular weight excluding hydrogens is 455 g/mol. The molecule has 0 spiro atoms. The first-order valence-corrected chi connectivity index (χ1v) is 12.3. The summed E-state index contributed by atoms with van der Waals surface area (Å²) in [6.07, 6.45) is 2.52. The molecule has 2 saturated heterocycles. The van der Waals surface area contributed by atoms with Gasteiger partial charge in [0.1, 0.15) is 5.82 Å². The molecule has 0 saturated carbocycles. The molecule has 1 atom stereocenters. The van der Waals surface area contributed by atoms with E-state index in [0.717, 1.165) is 60.6 Å². The lowest BCUT2D eigenvalue weighted by Gasteiger charge is -2.32. The van der Waals surface area contributed by atoms with Crippen LogP contribution < -0.4 is 10.2 Å². The van der Waals surface area contributed by atoms with Crippen LogP contribution in [0.2, 0.25) is 5.02 Å². The summed E-state index contributed by atoms with van der Waals surface area (Å²) in [5.74, 6) is 0.859. The van der Waals surface area contributed by atoms with Crippen LogP contribution in [0.15, 0.2) is 30.3 Å². The Hall–Kier alpha value is -2.64. The van der Waals surface area contributed by atoms with E-state index < -0.39 is 5.82 Å². The van der Waals surface area contributed by atoms with Crippen LogP contribution in [0, 0.1) is 31.5 Å². The molecule has 2 aliphatic rings. The highest BCUT2D eigenvalue weighted by Gasteiger charge is 2.29. The minimum atomic E-state index is -0.459. The zero-order valence-corrected chi connectivity index (χ0v) is 20.4. The number of anilines is 1. The third-order valence-electron chi connectivity index (χ3n) is 7.15. The normalized spacial score (nSPS) is 19.2. The van der Waals surface area contributed by atoms with Crippen molar-refractivity contribution in [1.82, 2.24) is 14.9 Å². The van der Waals surface area contributed by atoms with Crippen molar-refractivity contribution in [2.24, 2.45) is 11.8 Å². The van der Waals surface area contributed by atoms with Crippen molar-refractivity contribution < 1.29 is 13.9 Å². The van der Waals surface area contributed by atoms with Gasteiger partial charge in [-0.25, -0.2) is 9.37 Å². The summed E-state index contributed by atoms with van der Waals surface area (Å²) in [5.41, 5.74) is 4.79. The van der Waals surface area contributed by atoms with E-state index in [1.54, 1.807) is 6.07 Å². The van der Waals surface area contributed by atoms with Crippen molar-refractivity contribution in [1.29, 1.82) is 0 Å². The first kappa shape index (κ1) is 23.1. The maximum absolute atomic E-state index is 14.4. The van der Waals surface area contributed by atoms with Crippen LogP contribution in [0.4, 0.5) is 10.3 Å². The molecule has 3 aromatic rings. The molecule has 1 N–H and O–H groups in total. The van der Waals surface area contributed by atoms with Crippen molar-refractivity contribution in [3.8, 4) is 5.69 Å². The number of rotatable bonds is 5. The van der Waals surface area contributed by atoms with Crippen LogP contribution in [0.5, 0.6) is 0 Å². The molecule has 1 amide bonds. The Labute approximate surface area is 204 Å². The number of aryl methyl sites for hydroxylation is 2. The van der Waals surface area contributed by atoms with E-state index in [4.69, 9.17) is 21.3 Å². The van der Waals surface area contributed by atoms with Crippen LogP contribution in [0.1, 0.15) is 30.4 Å². The number of halogens is 2. The second-order valence-electron chi connectivity index (χ2n) is 9.51. The van der Waals surface area contributed by atoms with E-state index in [0.29, 0.717) is 31.2 Å². The van der Waals surface area contributed by atoms with Crippen molar-refractivity contribution in [3.05, 3.63) is 52.3 Å². The molecule has 0 bridgehead atoms. The van der Waals surface area contributed by atoms with Gasteiger partial charge in [0, 0.05) is 38.1 Å². The number of nitrogens with zero attached hydrogens (tertiary/aromatic N) is 3. The SMILES string of the molecule is Cc1cc2nc(N3CCC(C(=O)NCC4CCOC4)CC3)n(-c3ccc(Cl)c(F)c3)c2cc1C. The third kappa shape index (κ3) is 4.51. The van der Waals surface area contributed by atoms with Gasteiger partial charge in [-0.05, 0) is 74.6 Å². The molecule has 5 rings (SSSR count). The first-order valence-electron chi connectivity index (χ1n) is 12.0. The molecule has 0 radical (unpaired) electrons. The average Bonchev–Trinajstić information content (AvgIpc) is 3.48. The van der Waals surface area contributed by atoms with E-state index in [9.17, 15) is 9.18 Å². The van der Waals surface area contributed by atoms with Gasteiger partial charge >= 0.3 is 0 Å². The zero-order chi connectivity index (χ0) is 23.8. The summed E-state index contributed by atoms with van der Waals surface area (Å²) in [6.45, 7) is 7.77. The Morgan fingerprint density at radius 2 is 1.94 bits per heavy atom. The topological polar surface area (TPSA) is 59.4 Å². The third-order valence-corrected chi connectivity index (χ3v) is 7.46. The Morgan fingerprint density at radius 3 is 2.65 bits per heavy atom. The number of carbonyl (C=O) groups is 1. The van der Waals surface area contributed by atoms with Crippen LogP contribution in [-0.2, 0) is 9.53 Å². The molecule has 34 heavy (non-hydrogen) atoms. The van der Waals surface area contributed by atoms with Crippen molar-refractivity contribution in [2.45, 2.75) is 33.1 Å². The summed E-state index contributed by atoms with van der Waals surface area (Å²) in [5, 5.41) is 3.21. The van der Waals surface area contributed by atoms with Gasteiger partial charge in [-0.3, -0.25) is 9.36 Å². The maximum Gasteiger partial charge on any atom is 0.223 e. The second kappa shape index (κ2) is 9.55. The molecule has 1 unspecified atom stereocenters. The lowest BCUT2D eigenvalue weighted by Crippen LogP contribution is -2.42. The lowest BCUT2D eigenvalue weighted by atomic mass is 9.96. The Kier molecular flexibility index (Phi) is 6.49. The van der Waals surface area contributed by atoms with Gasteiger partial charge in [-0.2, -0.15) is 0 Å². The lowest BCUT2D eigenvalue weighted by molar-refractivity contribution is -0.125. The van der Waals surface area contributed by atoms with E-state index in [1.807, 2.05) is 10.6 Å². The molecule has 6 nitrogen and oxygen atoms in total. The molecule has 2 fully saturated rings. The van der Waals surface area contributed by atoms with Gasteiger partial charge in [0.05, 0.1) is 28.4 Å². The number of nitrogens with one attached hydrogen (secondary N) is 1. The van der Waals surface area contributed by atoms with Gasteiger partial charge in [-0.1, -0.05) is 11.6 Å². The van der Waals surface area contributed by atoms with Crippen LogP contribution in [0.25, 0.3) is 16.7 Å². The highest BCUT2D eigenvalue weighted by atomic mass is 35.5. The monoisotopic (exact) mass is 484 g/mol. The molecule has 180 valence electrons. The van der Waals surface area contributed by atoms with Gasteiger partial charge in [-0.15, -0.1) is 0 Å². The largest absolute Gasteiger partial charge is 0.381 e. The summed E-state index contributed by atoms with van der Waals surface area (Å²) in [7, 11) is 0. The van der Waals surface area contributed by atoms with Crippen molar-refractivity contribution in [3.63, 3.8) is 0 Å². The Bertz CT molecular complexity index is 1210. The average molecular weight is 485 g/mol. The number of ether oxygens (including phenoxy) is 1. The first-order chi connectivity index (χ1) is 16.4. The molecule has 1 aromatic heterocycles. The second-order valence-corrected chi connectivity index (χ2v) is 9.91. The van der Waals surface area contributed by atoms with Crippen molar-refractivity contribution in [2.75, 3.05) is 37.7 Å². The number of hydrogen-bond acceptors (Lipinski definition) is 4.